The predicted molar refractivity (Wildman–Crippen MR) is 56.4 cm³/mol. The van der Waals surface area contributed by atoms with Crippen LogP contribution in [0.25, 0.3) is 0 Å². The molecule has 0 radical (unpaired) electrons. The second-order valence-corrected chi connectivity index (χ2v) is 8.24. The zero-order valence-corrected chi connectivity index (χ0v) is 8.74. The molecule has 0 aromatic heterocycles. The molecule has 64 valence electrons. The Bertz CT molecular complexity index is 193. The fourth-order valence-electron chi connectivity index (χ4n) is 1.26. The molecule has 0 spiro atoms. The van der Waals surface area contributed by atoms with Crippen LogP contribution >= 0.6 is 10.0 Å². The van der Waals surface area contributed by atoms with E-state index in [0.29, 0.717) is 0 Å². The molecule has 1 rings (SSSR count). The lowest BCUT2D eigenvalue weighted by Gasteiger charge is -2.31. The van der Waals surface area contributed by atoms with E-state index in [0.717, 1.165) is 5.92 Å². The summed E-state index contributed by atoms with van der Waals surface area (Å²) in [4.78, 5) is 1.66. The van der Waals surface area contributed by atoms with Gasteiger partial charge in [-0.05, 0) is 36.0 Å². The van der Waals surface area contributed by atoms with Gasteiger partial charge in [-0.3, -0.25) is 0 Å². The van der Waals surface area contributed by atoms with E-state index >= 15 is 0 Å². The lowest BCUT2D eigenvalue weighted by Crippen LogP contribution is -2.03. The molecule has 0 unspecified atom stereocenters. The molecule has 0 aromatic carbocycles. The molecule has 11 heavy (non-hydrogen) atoms. The van der Waals surface area contributed by atoms with Gasteiger partial charge in [0.05, 0.1) is 0 Å². The summed E-state index contributed by atoms with van der Waals surface area (Å²) in [5.74, 6) is 0.752. The van der Waals surface area contributed by atoms with Crippen molar-refractivity contribution < 1.29 is 0 Å². The van der Waals surface area contributed by atoms with E-state index in [2.05, 4.69) is 43.9 Å². The maximum atomic E-state index is 2.37. The summed E-state index contributed by atoms with van der Waals surface area (Å²) in [5, 5.41) is 0. The van der Waals surface area contributed by atoms with Gasteiger partial charge in [0.2, 0.25) is 0 Å². The van der Waals surface area contributed by atoms with Crippen LogP contribution in [0, 0.1) is 5.92 Å². The summed E-state index contributed by atoms with van der Waals surface area (Å²) in [6, 6.07) is 0. The van der Waals surface area contributed by atoms with Crippen molar-refractivity contribution in [2.75, 3.05) is 18.8 Å². The van der Waals surface area contributed by atoms with Gasteiger partial charge < -0.3 is 0 Å². The van der Waals surface area contributed by atoms with Crippen LogP contribution in [0.1, 0.15) is 13.3 Å². The van der Waals surface area contributed by atoms with Crippen LogP contribution in [0.3, 0.4) is 0 Å². The number of rotatable bonds is 1. The molecular weight excluding hydrogens is 152 g/mol. The highest BCUT2D eigenvalue weighted by molar-refractivity contribution is 8.35. The van der Waals surface area contributed by atoms with Crippen LogP contribution in [0.5, 0.6) is 0 Å². The summed E-state index contributed by atoms with van der Waals surface area (Å²) in [6.07, 6.45) is 15.2. The minimum Gasteiger partial charge on any atom is -0.227 e. The third-order valence-corrected chi connectivity index (χ3v) is 3.91. The molecule has 0 saturated heterocycles. The molecule has 1 aliphatic carbocycles. The minimum atomic E-state index is -0.449. The van der Waals surface area contributed by atoms with Crippen LogP contribution in [0.2, 0.25) is 0 Å². The van der Waals surface area contributed by atoms with Crippen LogP contribution in [0.4, 0.5) is 0 Å². The van der Waals surface area contributed by atoms with Gasteiger partial charge in [0.25, 0.3) is 0 Å². The SMILES string of the molecule is C[C@@H]1C=CC=C(S(C)(C)C)C1. The van der Waals surface area contributed by atoms with Gasteiger partial charge in [0, 0.05) is 0 Å². The number of allylic oxidation sites excluding steroid dienone is 4. The average molecular weight is 170 g/mol. The third-order valence-electron chi connectivity index (χ3n) is 2.03. The average Bonchev–Trinajstić information content (AvgIpc) is 1.86. The van der Waals surface area contributed by atoms with Crippen LogP contribution in [0.15, 0.2) is 23.1 Å². The Morgan fingerprint density at radius 1 is 1.36 bits per heavy atom. The lowest BCUT2D eigenvalue weighted by atomic mass is 10.0. The highest BCUT2D eigenvalue weighted by Crippen LogP contribution is 2.48. The molecule has 0 saturated carbocycles. The number of hydrogen-bond acceptors (Lipinski definition) is 0. The summed E-state index contributed by atoms with van der Waals surface area (Å²) in [5.41, 5.74) is 0. The van der Waals surface area contributed by atoms with Gasteiger partial charge in [-0.15, -0.1) is 0 Å². The zero-order valence-electron chi connectivity index (χ0n) is 7.92. The number of hydrogen-bond donors (Lipinski definition) is 0. The highest BCUT2D eigenvalue weighted by atomic mass is 32.3. The molecular formula is C10H18S. The van der Waals surface area contributed by atoms with E-state index < -0.39 is 10.0 Å². The van der Waals surface area contributed by atoms with Crippen molar-refractivity contribution in [3.63, 3.8) is 0 Å². The van der Waals surface area contributed by atoms with Gasteiger partial charge in [-0.25, -0.2) is 10.0 Å². The van der Waals surface area contributed by atoms with E-state index in [9.17, 15) is 0 Å². The predicted octanol–water partition coefficient (Wildman–Crippen LogP) is 3.16. The monoisotopic (exact) mass is 170 g/mol. The third kappa shape index (κ3) is 2.41. The van der Waals surface area contributed by atoms with Crippen molar-refractivity contribution >= 4 is 10.0 Å². The molecule has 0 N–H and O–H groups in total. The molecule has 0 aromatic rings. The first-order chi connectivity index (χ1) is 5.00. The second-order valence-electron chi connectivity index (χ2n) is 4.04. The maximum absolute atomic E-state index is 2.37. The van der Waals surface area contributed by atoms with Gasteiger partial charge >= 0.3 is 0 Å². The zero-order chi connectivity index (χ0) is 8.48. The molecule has 1 atom stereocenters. The highest BCUT2D eigenvalue weighted by Gasteiger charge is 2.14. The van der Waals surface area contributed by atoms with Gasteiger partial charge in [-0.1, -0.05) is 25.2 Å². The first-order valence-corrected chi connectivity index (χ1v) is 6.91. The van der Waals surface area contributed by atoms with E-state index in [1.54, 1.807) is 4.91 Å². The summed E-state index contributed by atoms with van der Waals surface area (Å²) in [7, 11) is -0.449. The van der Waals surface area contributed by atoms with E-state index in [-0.39, 0.29) is 0 Å². The molecule has 0 heterocycles. The standard InChI is InChI=1S/C10H18S/c1-9-6-5-7-10(8-9)11(2,3)4/h5-7,9H,8H2,1-4H3/t9-/m1/s1. The van der Waals surface area contributed by atoms with Gasteiger partial charge in [-0.2, -0.15) is 0 Å². The fraction of sp³-hybridized carbons (Fsp3) is 0.600. The maximum Gasteiger partial charge on any atom is -0.0173 e. The van der Waals surface area contributed by atoms with E-state index in [1.807, 2.05) is 0 Å². The molecule has 0 bridgehead atoms. The van der Waals surface area contributed by atoms with Gasteiger partial charge in [0.1, 0.15) is 0 Å². The van der Waals surface area contributed by atoms with E-state index in [4.69, 9.17) is 0 Å². The van der Waals surface area contributed by atoms with Crippen molar-refractivity contribution in [3.8, 4) is 0 Å². The Morgan fingerprint density at radius 3 is 2.36 bits per heavy atom. The lowest BCUT2D eigenvalue weighted by molar-refractivity contribution is 0.728. The molecule has 1 aliphatic rings. The van der Waals surface area contributed by atoms with Crippen molar-refractivity contribution in [2.24, 2.45) is 5.92 Å². The molecule has 1 heteroatoms. The van der Waals surface area contributed by atoms with Crippen molar-refractivity contribution in [3.05, 3.63) is 23.1 Å². The molecule has 0 aliphatic heterocycles. The van der Waals surface area contributed by atoms with Crippen molar-refractivity contribution in [1.82, 2.24) is 0 Å². The summed E-state index contributed by atoms with van der Waals surface area (Å²) in [6.45, 7) is 2.29. The topological polar surface area (TPSA) is 0 Å². The largest absolute Gasteiger partial charge is 0.227 e. The Morgan fingerprint density at radius 2 is 2.00 bits per heavy atom. The first kappa shape index (κ1) is 8.92. The Labute approximate surface area is 71.7 Å². The quantitative estimate of drug-likeness (QED) is 0.567. The Kier molecular flexibility index (Phi) is 2.48. The van der Waals surface area contributed by atoms with Gasteiger partial charge in [0.15, 0.2) is 0 Å². The van der Waals surface area contributed by atoms with Crippen molar-refractivity contribution in [2.45, 2.75) is 13.3 Å². The fourth-order valence-corrected chi connectivity index (χ4v) is 2.51. The van der Waals surface area contributed by atoms with E-state index in [1.165, 1.54) is 6.42 Å². The second kappa shape index (κ2) is 3.06. The van der Waals surface area contributed by atoms with Crippen LogP contribution in [-0.4, -0.2) is 18.8 Å². The summed E-state index contributed by atoms with van der Waals surface area (Å²) >= 11 is 0. The van der Waals surface area contributed by atoms with Crippen molar-refractivity contribution in [1.29, 1.82) is 0 Å². The smallest absolute Gasteiger partial charge is 0.0173 e. The Hall–Kier alpha value is -0.170. The molecule has 0 amide bonds. The molecule has 0 fully saturated rings. The normalized spacial score (nSPS) is 26.5. The first-order valence-electron chi connectivity index (χ1n) is 4.06. The summed E-state index contributed by atoms with van der Waals surface area (Å²) < 4.78 is 0. The van der Waals surface area contributed by atoms with Crippen LogP contribution < -0.4 is 0 Å². The van der Waals surface area contributed by atoms with Crippen LogP contribution in [-0.2, 0) is 0 Å². The Balaban J connectivity index is 2.75. The molecule has 0 nitrogen and oxygen atoms in total. The minimum absolute atomic E-state index is 0.449.